The summed E-state index contributed by atoms with van der Waals surface area (Å²) in [6, 6.07) is 19.8. The Bertz CT molecular complexity index is 1200. The third-order valence-electron chi connectivity index (χ3n) is 4.86. The number of carbonyl (C=O) groups excluding carboxylic acids is 1. The van der Waals surface area contributed by atoms with E-state index in [0.29, 0.717) is 33.7 Å². The van der Waals surface area contributed by atoms with Crippen LogP contribution in [0.1, 0.15) is 26.4 Å². The first kappa shape index (κ1) is 19.1. The van der Waals surface area contributed by atoms with Crippen molar-refractivity contribution < 1.29 is 4.79 Å². The van der Waals surface area contributed by atoms with Gasteiger partial charge < -0.3 is 5.32 Å². The lowest BCUT2D eigenvalue weighted by molar-refractivity contribution is 0.0957. The van der Waals surface area contributed by atoms with Crippen LogP contribution < -0.4 is 10.9 Å². The third-order valence-corrected chi connectivity index (χ3v) is 6.06. The molecule has 2 aromatic heterocycles. The number of benzene rings is 2. The molecule has 4 rings (SSSR count). The molecule has 0 radical (unpaired) electrons. The molecule has 29 heavy (non-hydrogen) atoms. The van der Waals surface area contributed by atoms with Gasteiger partial charge in [-0.05, 0) is 30.0 Å². The summed E-state index contributed by atoms with van der Waals surface area (Å²) in [6.07, 6.45) is 2.32. The minimum atomic E-state index is -0.157. The molecule has 0 fully saturated rings. The second-order valence-corrected chi connectivity index (χ2v) is 7.89. The van der Waals surface area contributed by atoms with Gasteiger partial charge >= 0.3 is 0 Å². The molecular weight excluding hydrogens is 382 g/mol. The van der Waals surface area contributed by atoms with Gasteiger partial charge in [0.25, 0.3) is 11.5 Å². The fourth-order valence-electron chi connectivity index (χ4n) is 3.31. The van der Waals surface area contributed by atoms with Gasteiger partial charge in [-0.2, -0.15) is 0 Å². The Kier molecular flexibility index (Phi) is 5.53. The van der Waals surface area contributed by atoms with Crippen LogP contribution in [0, 0.1) is 6.92 Å². The van der Waals surface area contributed by atoms with Crippen LogP contribution in [0.15, 0.2) is 71.8 Å². The molecule has 5 nitrogen and oxygen atoms in total. The van der Waals surface area contributed by atoms with Crippen molar-refractivity contribution >= 4 is 27.5 Å². The van der Waals surface area contributed by atoms with E-state index < -0.39 is 0 Å². The maximum atomic E-state index is 13.0. The molecule has 0 aliphatic rings. The fourth-order valence-corrected chi connectivity index (χ4v) is 4.37. The lowest BCUT2D eigenvalue weighted by atomic mass is 10.1. The van der Waals surface area contributed by atoms with Gasteiger partial charge in [0.05, 0.1) is 23.1 Å². The number of fused-ring (bicyclic) bond motifs is 1. The van der Waals surface area contributed by atoms with E-state index in [0.717, 1.165) is 12.0 Å². The highest BCUT2D eigenvalue weighted by Crippen LogP contribution is 2.26. The van der Waals surface area contributed by atoms with Crippen LogP contribution in [0.2, 0.25) is 0 Å². The maximum Gasteiger partial charge on any atom is 0.262 e. The van der Waals surface area contributed by atoms with Crippen molar-refractivity contribution in [3.8, 4) is 0 Å². The van der Waals surface area contributed by atoms with Crippen molar-refractivity contribution in [3.05, 3.63) is 98.9 Å². The summed E-state index contributed by atoms with van der Waals surface area (Å²) in [5.74, 6) is -0.157. The molecule has 0 aliphatic carbocycles. The van der Waals surface area contributed by atoms with Gasteiger partial charge in [-0.1, -0.05) is 60.7 Å². The van der Waals surface area contributed by atoms with Gasteiger partial charge in [-0.3, -0.25) is 14.2 Å². The highest BCUT2D eigenvalue weighted by Gasteiger charge is 2.19. The monoisotopic (exact) mass is 403 g/mol. The van der Waals surface area contributed by atoms with Crippen LogP contribution in [0.3, 0.4) is 0 Å². The van der Waals surface area contributed by atoms with Crippen molar-refractivity contribution in [1.82, 2.24) is 14.9 Å². The Labute approximate surface area is 172 Å². The Morgan fingerprint density at radius 2 is 1.69 bits per heavy atom. The molecule has 0 bridgehead atoms. The first-order valence-electron chi connectivity index (χ1n) is 9.48. The smallest absolute Gasteiger partial charge is 0.262 e. The van der Waals surface area contributed by atoms with Crippen molar-refractivity contribution in [2.45, 2.75) is 19.9 Å². The highest BCUT2D eigenvalue weighted by molar-refractivity contribution is 7.20. The largest absolute Gasteiger partial charge is 0.351 e. The molecule has 4 aromatic rings. The second kappa shape index (κ2) is 8.41. The summed E-state index contributed by atoms with van der Waals surface area (Å²) >= 11 is 1.27. The average Bonchev–Trinajstić information content (AvgIpc) is 3.09. The molecule has 0 aliphatic heterocycles. The zero-order valence-corrected chi connectivity index (χ0v) is 16.9. The van der Waals surface area contributed by atoms with Crippen LogP contribution in [-0.2, 0) is 13.0 Å². The summed E-state index contributed by atoms with van der Waals surface area (Å²) in [7, 11) is 0. The Morgan fingerprint density at radius 1 is 1.03 bits per heavy atom. The number of rotatable bonds is 6. The van der Waals surface area contributed by atoms with Gasteiger partial charge in [-0.15, -0.1) is 11.3 Å². The van der Waals surface area contributed by atoms with Crippen LogP contribution in [-0.4, -0.2) is 22.0 Å². The minimum Gasteiger partial charge on any atom is -0.351 e. The van der Waals surface area contributed by atoms with E-state index in [1.165, 1.54) is 16.9 Å². The number of nitrogens with zero attached hydrogens (tertiary/aromatic N) is 2. The topological polar surface area (TPSA) is 64.0 Å². The van der Waals surface area contributed by atoms with Crippen molar-refractivity contribution in [3.63, 3.8) is 0 Å². The molecule has 0 saturated heterocycles. The van der Waals surface area contributed by atoms with E-state index in [1.807, 2.05) is 67.6 Å². The summed E-state index contributed by atoms with van der Waals surface area (Å²) in [5.41, 5.74) is 2.78. The van der Waals surface area contributed by atoms with Gasteiger partial charge in [0, 0.05) is 6.54 Å². The van der Waals surface area contributed by atoms with Crippen molar-refractivity contribution in [2.75, 3.05) is 6.54 Å². The second-order valence-electron chi connectivity index (χ2n) is 6.89. The van der Waals surface area contributed by atoms with Gasteiger partial charge in [-0.25, -0.2) is 4.98 Å². The molecule has 1 N–H and O–H groups in total. The number of carbonyl (C=O) groups is 1. The predicted octanol–water partition coefficient (Wildman–Crippen LogP) is 3.79. The summed E-state index contributed by atoms with van der Waals surface area (Å²) < 4.78 is 1.59. The van der Waals surface area contributed by atoms with Gasteiger partial charge in [0.2, 0.25) is 0 Å². The first-order valence-corrected chi connectivity index (χ1v) is 10.3. The lowest BCUT2D eigenvalue weighted by Crippen LogP contribution is -2.25. The van der Waals surface area contributed by atoms with E-state index in [9.17, 15) is 9.59 Å². The van der Waals surface area contributed by atoms with E-state index >= 15 is 0 Å². The molecule has 6 heteroatoms. The number of nitrogens with one attached hydrogen (secondary N) is 1. The molecule has 1 amide bonds. The van der Waals surface area contributed by atoms with Crippen LogP contribution in [0.5, 0.6) is 0 Å². The predicted molar refractivity (Wildman–Crippen MR) is 117 cm³/mol. The minimum absolute atomic E-state index is 0.115. The molecule has 0 spiro atoms. The van der Waals surface area contributed by atoms with Gasteiger partial charge in [0.1, 0.15) is 4.83 Å². The van der Waals surface area contributed by atoms with Crippen LogP contribution >= 0.6 is 11.3 Å². The zero-order chi connectivity index (χ0) is 20.2. The average molecular weight is 404 g/mol. The molecular formula is C23H21N3O2S. The lowest BCUT2D eigenvalue weighted by Gasteiger charge is -2.06. The zero-order valence-electron chi connectivity index (χ0n) is 16.1. The quantitative estimate of drug-likeness (QED) is 0.533. The molecule has 0 saturated carbocycles. The van der Waals surface area contributed by atoms with Crippen molar-refractivity contribution in [1.29, 1.82) is 0 Å². The number of aromatic nitrogens is 2. The molecule has 2 aromatic carbocycles. The van der Waals surface area contributed by atoms with Crippen LogP contribution in [0.25, 0.3) is 10.2 Å². The van der Waals surface area contributed by atoms with Gasteiger partial charge in [0.15, 0.2) is 0 Å². The Morgan fingerprint density at radius 3 is 2.38 bits per heavy atom. The number of amides is 1. The number of aryl methyl sites for hydroxylation is 1. The molecule has 146 valence electrons. The summed E-state index contributed by atoms with van der Waals surface area (Å²) in [4.78, 5) is 31.2. The molecule has 0 unspecified atom stereocenters. The number of hydrogen-bond acceptors (Lipinski definition) is 4. The number of hydrogen-bond donors (Lipinski definition) is 1. The first-order chi connectivity index (χ1) is 14.1. The SMILES string of the molecule is Cc1c(C(=O)NCCc2ccccc2)sc2ncn(Cc3ccccc3)c(=O)c12. The Hall–Kier alpha value is -3.25. The third kappa shape index (κ3) is 4.12. The summed E-state index contributed by atoms with van der Waals surface area (Å²) in [5, 5.41) is 3.49. The maximum absolute atomic E-state index is 13.0. The van der Waals surface area contributed by atoms with E-state index in [2.05, 4.69) is 10.3 Å². The fraction of sp³-hybridized carbons (Fsp3) is 0.174. The van der Waals surface area contributed by atoms with E-state index in [-0.39, 0.29) is 11.5 Å². The Balaban J connectivity index is 1.54. The van der Waals surface area contributed by atoms with E-state index in [4.69, 9.17) is 0 Å². The van der Waals surface area contributed by atoms with Crippen molar-refractivity contribution in [2.24, 2.45) is 0 Å². The summed E-state index contributed by atoms with van der Waals surface area (Å²) in [6.45, 7) is 2.82. The normalized spacial score (nSPS) is 10.9. The number of thiophene rings is 1. The molecule has 2 heterocycles. The van der Waals surface area contributed by atoms with Crippen LogP contribution in [0.4, 0.5) is 0 Å². The molecule has 0 atom stereocenters. The van der Waals surface area contributed by atoms with E-state index in [1.54, 1.807) is 10.9 Å². The highest BCUT2D eigenvalue weighted by atomic mass is 32.1. The standard InChI is InChI=1S/C23H21N3O2S/c1-16-19-22(25-15-26(23(19)28)14-18-10-6-3-7-11-18)29-20(16)21(27)24-13-12-17-8-4-2-5-9-17/h2-11,15H,12-14H2,1H3,(H,24,27).